The van der Waals surface area contributed by atoms with E-state index < -0.39 is 10.0 Å². The topological polar surface area (TPSA) is 95.9 Å². The van der Waals surface area contributed by atoms with Crippen LogP contribution in [0.1, 0.15) is 10.4 Å². The first-order chi connectivity index (χ1) is 17.4. The summed E-state index contributed by atoms with van der Waals surface area (Å²) in [4.78, 5) is 25.7. The lowest BCUT2D eigenvalue weighted by molar-refractivity contribution is 0.0730. The zero-order valence-corrected chi connectivity index (χ0v) is 20.4. The summed E-state index contributed by atoms with van der Waals surface area (Å²) < 4.78 is 45.5. The molecular weight excluding hydrogens is 485 g/mol. The zero-order valence-electron chi connectivity index (χ0n) is 19.6. The van der Waals surface area contributed by atoms with E-state index in [0.717, 1.165) is 11.4 Å². The Morgan fingerprint density at radius 3 is 2.19 bits per heavy atom. The minimum absolute atomic E-state index is 0.139. The third-order valence-electron chi connectivity index (χ3n) is 6.39. The Bertz CT molecular complexity index is 1320. The molecule has 0 bridgehead atoms. The number of benzene rings is 2. The molecule has 0 atom stereocenters. The highest BCUT2D eigenvalue weighted by atomic mass is 32.2. The van der Waals surface area contributed by atoms with Crippen molar-refractivity contribution in [2.45, 2.75) is 4.90 Å². The number of anilines is 1. The van der Waals surface area contributed by atoms with Crippen LogP contribution >= 0.6 is 0 Å². The van der Waals surface area contributed by atoms with E-state index in [0.29, 0.717) is 63.7 Å². The molecule has 2 saturated heterocycles. The third kappa shape index (κ3) is 5.08. The van der Waals surface area contributed by atoms with Gasteiger partial charge in [0.2, 0.25) is 10.0 Å². The summed E-state index contributed by atoms with van der Waals surface area (Å²) in [6.45, 7) is 3.60. The maximum absolute atomic E-state index is 13.2. The Morgan fingerprint density at radius 2 is 1.53 bits per heavy atom. The quantitative estimate of drug-likeness (QED) is 0.519. The number of halogens is 1. The van der Waals surface area contributed by atoms with Gasteiger partial charge in [-0.15, -0.1) is 0 Å². The van der Waals surface area contributed by atoms with Crippen molar-refractivity contribution in [2.75, 3.05) is 57.4 Å². The number of morpholine rings is 1. The van der Waals surface area contributed by atoms with Gasteiger partial charge in [-0.25, -0.2) is 22.8 Å². The van der Waals surface area contributed by atoms with Crippen LogP contribution in [0.25, 0.3) is 11.3 Å². The van der Waals surface area contributed by atoms with E-state index in [4.69, 9.17) is 4.74 Å². The zero-order chi connectivity index (χ0) is 25.1. The van der Waals surface area contributed by atoms with Crippen LogP contribution in [-0.2, 0) is 14.8 Å². The lowest BCUT2D eigenvalue weighted by Gasteiger charge is -2.35. The SMILES string of the molecule is O=C(c1ccc(S(=O)(=O)N2CCOCC2)cc1)N1CCN(c2cc(-c3ccc(F)cc3)ncn2)CC1. The number of piperazine rings is 1. The Labute approximate surface area is 209 Å². The van der Waals surface area contributed by atoms with Gasteiger partial charge in [-0.05, 0) is 48.5 Å². The first-order valence-electron chi connectivity index (χ1n) is 11.7. The molecule has 188 valence electrons. The summed E-state index contributed by atoms with van der Waals surface area (Å²) in [7, 11) is -3.60. The van der Waals surface area contributed by atoms with E-state index in [1.807, 2.05) is 6.07 Å². The fraction of sp³-hybridized carbons (Fsp3) is 0.320. The molecule has 1 amide bonds. The van der Waals surface area contributed by atoms with Gasteiger partial charge < -0.3 is 14.5 Å². The van der Waals surface area contributed by atoms with Gasteiger partial charge in [0.15, 0.2) is 0 Å². The molecular formula is C25H26FN5O4S. The molecule has 9 nitrogen and oxygen atoms in total. The van der Waals surface area contributed by atoms with Crippen molar-refractivity contribution in [3.8, 4) is 11.3 Å². The van der Waals surface area contributed by atoms with Crippen molar-refractivity contribution in [2.24, 2.45) is 0 Å². The van der Waals surface area contributed by atoms with Crippen molar-refractivity contribution in [3.05, 3.63) is 72.3 Å². The summed E-state index contributed by atoms with van der Waals surface area (Å²) >= 11 is 0. The molecule has 0 unspecified atom stereocenters. The first-order valence-corrected chi connectivity index (χ1v) is 13.2. The molecule has 1 aromatic heterocycles. The molecule has 5 rings (SSSR count). The van der Waals surface area contributed by atoms with Crippen LogP contribution in [-0.4, -0.2) is 86.0 Å². The molecule has 0 radical (unpaired) electrons. The fourth-order valence-corrected chi connectivity index (χ4v) is 5.73. The highest BCUT2D eigenvalue weighted by Gasteiger charge is 2.27. The Kier molecular flexibility index (Phi) is 6.95. The number of nitrogens with zero attached hydrogens (tertiary/aromatic N) is 5. The average molecular weight is 512 g/mol. The molecule has 3 heterocycles. The van der Waals surface area contributed by atoms with E-state index in [1.54, 1.807) is 29.2 Å². The molecule has 0 saturated carbocycles. The van der Waals surface area contributed by atoms with Gasteiger partial charge in [0, 0.05) is 56.5 Å². The van der Waals surface area contributed by atoms with Crippen molar-refractivity contribution in [1.82, 2.24) is 19.2 Å². The number of rotatable bonds is 5. The number of amides is 1. The van der Waals surface area contributed by atoms with Crippen LogP contribution < -0.4 is 4.90 Å². The minimum Gasteiger partial charge on any atom is -0.379 e. The number of carbonyl (C=O) groups is 1. The van der Waals surface area contributed by atoms with Gasteiger partial charge >= 0.3 is 0 Å². The fourth-order valence-electron chi connectivity index (χ4n) is 4.33. The van der Waals surface area contributed by atoms with Gasteiger partial charge in [-0.2, -0.15) is 4.31 Å². The molecule has 11 heteroatoms. The normalized spacial score (nSPS) is 17.2. The van der Waals surface area contributed by atoms with Gasteiger partial charge in [0.1, 0.15) is 18.0 Å². The third-order valence-corrected chi connectivity index (χ3v) is 8.31. The number of ether oxygens (including phenoxy) is 1. The Balaban J connectivity index is 1.22. The average Bonchev–Trinajstić information content (AvgIpc) is 2.94. The Morgan fingerprint density at radius 1 is 0.861 bits per heavy atom. The molecule has 0 aliphatic carbocycles. The summed E-state index contributed by atoms with van der Waals surface area (Å²) in [5, 5.41) is 0. The van der Waals surface area contributed by atoms with Gasteiger partial charge in [0.25, 0.3) is 5.91 Å². The predicted molar refractivity (Wildman–Crippen MR) is 132 cm³/mol. The second-order valence-corrected chi connectivity index (χ2v) is 10.5. The molecule has 2 aromatic carbocycles. The first kappa shape index (κ1) is 24.3. The summed E-state index contributed by atoms with van der Waals surface area (Å²) in [5.74, 6) is 0.302. The van der Waals surface area contributed by atoms with Gasteiger partial charge in [-0.3, -0.25) is 4.79 Å². The minimum atomic E-state index is -3.60. The number of aromatic nitrogens is 2. The summed E-state index contributed by atoms with van der Waals surface area (Å²) in [5.41, 5.74) is 1.95. The van der Waals surface area contributed by atoms with E-state index in [1.165, 1.54) is 34.9 Å². The maximum Gasteiger partial charge on any atom is 0.253 e. The highest BCUT2D eigenvalue weighted by Crippen LogP contribution is 2.23. The lowest BCUT2D eigenvalue weighted by Crippen LogP contribution is -2.49. The van der Waals surface area contributed by atoms with Crippen LogP contribution in [0.2, 0.25) is 0 Å². The highest BCUT2D eigenvalue weighted by molar-refractivity contribution is 7.89. The molecule has 3 aromatic rings. The van der Waals surface area contributed by atoms with Crippen LogP contribution in [0.4, 0.5) is 10.2 Å². The monoisotopic (exact) mass is 511 g/mol. The van der Waals surface area contributed by atoms with Gasteiger partial charge in [0.05, 0.1) is 23.8 Å². The van der Waals surface area contributed by atoms with E-state index in [-0.39, 0.29) is 16.6 Å². The second-order valence-electron chi connectivity index (χ2n) is 8.59. The van der Waals surface area contributed by atoms with Crippen LogP contribution in [0, 0.1) is 5.82 Å². The smallest absolute Gasteiger partial charge is 0.253 e. The van der Waals surface area contributed by atoms with Crippen LogP contribution in [0.3, 0.4) is 0 Å². The molecule has 0 spiro atoms. The molecule has 2 aliphatic heterocycles. The van der Waals surface area contributed by atoms with E-state index >= 15 is 0 Å². The number of carbonyl (C=O) groups excluding carboxylic acids is 1. The van der Waals surface area contributed by atoms with Crippen molar-refractivity contribution in [1.29, 1.82) is 0 Å². The molecule has 0 N–H and O–H groups in total. The molecule has 2 aliphatic rings. The lowest BCUT2D eigenvalue weighted by atomic mass is 10.1. The van der Waals surface area contributed by atoms with E-state index in [2.05, 4.69) is 14.9 Å². The largest absolute Gasteiger partial charge is 0.379 e. The Hall–Kier alpha value is -3.41. The molecule has 2 fully saturated rings. The van der Waals surface area contributed by atoms with Crippen LogP contribution in [0.5, 0.6) is 0 Å². The van der Waals surface area contributed by atoms with Crippen molar-refractivity contribution in [3.63, 3.8) is 0 Å². The second kappa shape index (κ2) is 10.3. The number of hydrogen-bond acceptors (Lipinski definition) is 7. The van der Waals surface area contributed by atoms with Crippen molar-refractivity contribution >= 4 is 21.7 Å². The summed E-state index contributed by atoms with van der Waals surface area (Å²) in [6.07, 6.45) is 1.48. The summed E-state index contributed by atoms with van der Waals surface area (Å²) in [6, 6.07) is 14.1. The standard InChI is InChI=1S/C25H26FN5O4S/c26-21-5-1-19(2-6-21)23-17-24(28-18-27-23)29-9-11-30(12-10-29)25(32)20-3-7-22(8-4-20)36(33,34)31-13-15-35-16-14-31/h1-8,17-18H,9-16H2. The van der Waals surface area contributed by atoms with E-state index in [9.17, 15) is 17.6 Å². The number of hydrogen-bond donors (Lipinski definition) is 0. The number of sulfonamides is 1. The predicted octanol–water partition coefficient (Wildman–Crippen LogP) is 2.27. The van der Waals surface area contributed by atoms with Gasteiger partial charge in [-0.1, -0.05) is 0 Å². The van der Waals surface area contributed by atoms with Crippen LogP contribution in [0.15, 0.2) is 65.8 Å². The maximum atomic E-state index is 13.2. The molecule has 36 heavy (non-hydrogen) atoms. The van der Waals surface area contributed by atoms with Crippen molar-refractivity contribution < 1.29 is 22.3 Å².